The monoisotopic (exact) mass is 518 g/mol. The maximum Gasteiger partial charge on any atom is 0.0316 e. The summed E-state index contributed by atoms with van der Waals surface area (Å²) in [4.78, 5) is 0. The Balaban J connectivity index is 1.25. The van der Waals surface area contributed by atoms with Crippen LogP contribution in [-0.4, -0.2) is 0 Å². The van der Waals surface area contributed by atoms with Crippen molar-refractivity contribution in [1.29, 1.82) is 0 Å². The van der Waals surface area contributed by atoms with Crippen molar-refractivity contribution in [3.63, 3.8) is 0 Å². The minimum Gasteiger partial charge on any atom is -0.399 e. The molecule has 0 bridgehead atoms. The van der Waals surface area contributed by atoms with Gasteiger partial charge in [0.2, 0.25) is 0 Å². The molecular weight excluding hydrogens is 472 g/mol. The van der Waals surface area contributed by atoms with E-state index in [1.165, 1.54) is 63.8 Å². The molecule has 204 valence electrons. The lowest BCUT2D eigenvalue weighted by Crippen LogP contribution is -2.03. The van der Waals surface area contributed by atoms with E-state index in [1.807, 2.05) is 12.1 Å². The molecule has 0 radical (unpaired) electrons. The van der Waals surface area contributed by atoms with Crippen LogP contribution in [-0.2, 0) is 12.8 Å². The largest absolute Gasteiger partial charge is 0.399 e. The molecule has 0 aromatic heterocycles. The van der Waals surface area contributed by atoms with E-state index >= 15 is 0 Å². The Labute approximate surface area is 236 Å². The molecule has 0 aliphatic carbocycles. The molecular formula is C37H46N2. The number of hydrogen-bond acceptors (Lipinski definition) is 2. The summed E-state index contributed by atoms with van der Waals surface area (Å²) in [5.74, 6) is 0.850. The first-order valence-electron chi connectivity index (χ1n) is 14.8. The second kappa shape index (κ2) is 13.5. The van der Waals surface area contributed by atoms with Crippen LogP contribution in [0.5, 0.6) is 0 Å². The van der Waals surface area contributed by atoms with Gasteiger partial charge in [0.15, 0.2) is 0 Å². The number of aryl methyl sites for hydroxylation is 4. The molecule has 0 spiro atoms. The molecule has 4 rings (SSSR count). The molecule has 0 saturated carbocycles. The maximum atomic E-state index is 5.98. The molecule has 0 aliphatic rings. The Kier molecular flexibility index (Phi) is 9.87. The lowest BCUT2D eigenvalue weighted by atomic mass is 9.86. The van der Waals surface area contributed by atoms with Crippen LogP contribution >= 0.6 is 0 Å². The molecule has 2 unspecified atom stereocenters. The van der Waals surface area contributed by atoms with Crippen molar-refractivity contribution in [1.82, 2.24) is 0 Å². The van der Waals surface area contributed by atoms with Crippen molar-refractivity contribution < 1.29 is 0 Å². The molecule has 0 amide bonds. The third kappa shape index (κ3) is 7.32. The fourth-order valence-electron chi connectivity index (χ4n) is 6.12. The van der Waals surface area contributed by atoms with E-state index < -0.39 is 0 Å². The second-order valence-electron chi connectivity index (χ2n) is 11.2. The number of rotatable bonds is 12. The number of unbranched alkanes of at least 4 members (excludes halogenated alkanes) is 2. The third-order valence-electron chi connectivity index (χ3n) is 8.35. The normalized spacial score (nSPS) is 12.8. The first kappa shape index (κ1) is 28.5. The van der Waals surface area contributed by atoms with Gasteiger partial charge in [0.1, 0.15) is 0 Å². The van der Waals surface area contributed by atoms with Crippen molar-refractivity contribution in [2.24, 2.45) is 0 Å². The van der Waals surface area contributed by atoms with Crippen LogP contribution in [0.3, 0.4) is 0 Å². The van der Waals surface area contributed by atoms with Gasteiger partial charge in [-0.3, -0.25) is 0 Å². The zero-order valence-corrected chi connectivity index (χ0v) is 24.3. The molecule has 0 heterocycles. The van der Waals surface area contributed by atoms with E-state index in [9.17, 15) is 0 Å². The molecule has 4 N–H and O–H groups in total. The summed E-state index contributed by atoms with van der Waals surface area (Å²) in [5, 5.41) is 0. The van der Waals surface area contributed by atoms with Crippen molar-refractivity contribution in [2.75, 3.05) is 11.5 Å². The van der Waals surface area contributed by atoms with Crippen molar-refractivity contribution in [2.45, 2.75) is 84.5 Å². The van der Waals surface area contributed by atoms with Crippen LogP contribution in [0, 0.1) is 13.8 Å². The number of benzene rings is 4. The van der Waals surface area contributed by atoms with Crippen molar-refractivity contribution >= 4 is 11.4 Å². The van der Waals surface area contributed by atoms with Gasteiger partial charge >= 0.3 is 0 Å². The lowest BCUT2D eigenvalue weighted by Gasteiger charge is -2.19. The summed E-state index contributed by atoms with van der Waals surface area (Å²) in [7, 11) is 0. The van der Waals surface area contributed by atoms with E-state index in [4.69, 9.17) is 11.5 Å². The number of anilines is 2. The van der Waals surface area contributed by atoms with Crippen LogP contribution in [0.2, 0.25) is 0 Å². The van der Waals surface area contributed by atoms with Crippen molar-refractivity contribution in [3.05, 3.63) is 129 Å². The number of nitrogen functional groups attached to an aromatic ring is 2. The van der Waals surface area contributed by atoms with Gasteiger partial charge in [-0.2, -0.15) is 0 Å². The van der Waals surface area contributed by atoms with Gasteiger partial charge in [0, 0.05) is 23.2 Å². The van der Waals surface area contributed by atoms with Crippen LogP contribution in [0.1, 0.15) is 102 Å². The molecule has 2 nitrogen and oxygen atoms in total. The number of nitrogens with two attached hydrogens (primary N) is 2. The smallest absolute Gasteiger partial charge is 0.0316 e. The minimum absolute atomic E-state index is 0.425. The van der Waals surface area contributed by atoms with E-state index in [-0.39, 0.29) is 0 Å². The molecule has 2 atom stereocenters. The lowest BCUT2D eigenvalue weighted by molar-refractivity contribution is 0.677. The van der Waals surface area contributed by atoms with Gasteiger partial charge in [-0.05, 0) is 121 Å². The zero-order valence-electron chi connectivity index (χ0n) is 24.3. The summed E-state index contributed by atoms with van der Waals surface area (Å²) in [6.45, 7) is 8.87. The van der Waals surface area contributed by atoms with E-state index in [2.05, 4.69) is 100 Å². The fraction of sp³-hybridized carbons (Fsp3) is 0.351. The Morgan fingerprint density at radius 1 is 0.513 bits per heavy atom. The van der Waals surface area contributed by atoms with Gasteiger partial charge in [-0.1, -0.05) is 80.9 Å². The van der Waals surface area contributed by atoms with E-state index in [1.54, 1.807) is 0 Å². The molecule has 39 heavy (non-hydrogen) atoms. The third-order valence-corrected chi connectivity index (χ3v) is 8.35. The van der Waals surface area contributed by atoms with E-state index in [0.717, 1.165) is 37.1 Å². The highest BCUT2D eigenvalue weighted by molar-refractivity contribution is 5.49. The fourth-order valence-corrected chi connectivity index (χ4v) is 6.12. The second-order valence-corrected chi connectivity index (χ2v) is 11.2. The topological polar surface area (TPSA) is 52.0 Å². The average Bonchev–Trinajstić information content (AvgIpc) is 2.93. The Bertz CT molecular complexity index is 1230. The Morgan fingerprint density at radius 2 is 0.897 bits per heavy atom. The number of hydrogen-bond donors (Lipinski definition) is 2. The summed E-state index contributed by atoms with van der Waals surface area (Å²) >= 11 is 0. The quantitative estimate of drug-likeness (QED) is 0.145. The minimum atomic E-state index is 0.425. The highest BCUT2D eigenvalue weighted by Crippen LogP contribution is 2.32. The summed E-state index contributed by atoms with van der Waals surface area (Å²) in [5.41, 5.74) is 24.6. The molecule has 2 heteroatoms. The molecule has 4 aromatic rings. The molecule has 0 aliphatic heterocycles. The summed E-state index contributed by atoms with van der Waals surface area (Å²) in [6, 6.07) is 31.3. The van der Waals surface area contributed by atoms with Gasteiger partial charge in [0.05, 0.1) is 0 Å². The molecule has 4 aromatic carbocycles. The molecule has 0 saturated heterocycles. The van der Waals surface area contributed by atoms with Crippen LogP contribution < -0.4 is 11.5 Å². The Hall–Kier alpha value is -3.52. The highest BCUT2D eigenvalue weighted by Gasteiger charge is 2.16. The summed E-state index contributed by atoms with van der Waals surface area (Å²) in [6.07, 6.45) is 8.20. The predicted octanol–water partition coefficient (Wildman–Crippen LogP) is 9.51. The Morgan fingerprint density at radius 3 is 1.23 bits per heavy atom. The highest BCUT2D eigenvalue weighted by atomic mass is 14.5. The van der Waals surface area contributed by atoms with Crippen LogP contribution in [0.15, 0.2) is 84.9 Å². The first-order valence-corrected chi connectivity index (χ1v) is 14.8. The van der Waals surface area contributed by atoms with Crippen LogP contribution in [0.4, 0.5) is 11.4 Å². The SMILES string of the molecule is CCC(c1ccc(CCCCCc2ccc(C(CC)c3ccc(N)cc3C)cc2)cc1)c1ccc(N)cc1C. The van der Waals surface area contributed by atoms with Crippen molar-refractivity contribution in [3.8, 4) is 0 Å². The van der Waals surface area contributed by atoms with Crippen LogP contribution in [0.25, 0.3) is 0 Å². The average molecular weight is 519 g/mol. The van der Waals surface area contributed by atoms with Gasteiger partial charge in [-0.25, -0.2) is 0 Å². The predicted molar refractivity (Wildman–Crippen MR) is 170 cm³/mol. The zero-order chi connectivity index (χ0) is 27.8. The first-order chi connectivity index (χ1) is 18.9. The maximum absolute atomic E-state index is 5.98. The molecule has 0 fully saturated rings. The van der Waals surface area contributed by atoms with Gasteiger partial charge in [-0.15, -0.1) is 0 Å². The standard InChI is InChI=1S/C37H46N2/c1-5-34(36-22-20-32(38)24-26(36)3)30-16-12-28(13-17-30)10-8-7-9-11-29-14-18-31(19-15-29)35(6-2)37-23-21-33(39)25-27(37)4/h12-25,34-35H,5-11,38-39H2,1-4H3. The summed E-state index contributed by atoms with van der Waals surface area (Å²) < 4.78 is 0. The van der Waals surface area contributed by atoms with Gasteiger partial charge < -0.3 is 11.5 Å². The van der Waals surface area contributed by atoms with E-state index in [0.29, 0.717) is 11.8 Å². The van der Waals surface area contributed by atoms with Gasteiger partial charge in [0.25, 0.3) is 0 Å².